The van der Waals surface area contributed by atoms with Crippen LogP contribution in [0.25, 0.3) is 0 Å². The standard InChI is InChI=1S/C16H26O3S.C13H20O.2CH4O/c1-3-6-13-8-9-15(17)14(13)10-12-20-11-5-7-16(18)19-4-2;1-3-4-6-12-7-5-8-13(10-9-12)11-14-2;2*1-2/h3,13-14H,1,4-12H2,2H3;5,7-8,10H,3-4,6,9,11H2,1-2H3;2*2H,1H3/t13?,14-;;;/m1.../s1. The predicted molar refractivity (Wildman–Crippen MR) is 161 cm³/mol. The summed E-state index contributed by atoms with van der Waals surface area (Å²) in [5, 5.41) is 14.0. The van der Waals surface area contributed by atoms with Crippen molar-refractivity contribution in [2.24, 2.45) is 11.8 Å². The van der Waals surface area contributed by atoms with Gasteiger partial charge in [0.25, 0.3) is 0 Å². The van der Waals surface area contributed by atoms with E-state index < -0.39 is 0 Å². The van der Waals surface area contributed by atoms with Gasteiger partial charge in [-0.25, -0.2) is 0 Å². The van der Waals surface area contributed by atoms with Crippen LogP contribution in [0.5, 0.6) is 0 Å². The van der Waals surface area contributed by atoms with Gasteiger partial charge in [0, 0.05) is 40.1 Å². The SMILES string of the molecule is C=CCC1CCC(=O)[C@@H]1CCSCCCC(=O)OCC.CCCCC1=CC=CC(COC)=CC1.CO.CO. The first kappa shape index (κ1) is 38.5. The van der Waals surface area contributed by atoms with Gasteiger partial charge in [0.15, 0.2) is 0 Å². The summed E-state index contributed by atoms with van der Waals surface area (Å²) in [4.78, 5) is 23.0. The Kier molecular flexibility index (Phi) is 28.7. The van der Waals surface area contributed by atoms with E-state index in [1.165, 1.54) is 30.4 Å². The highest BCUT2D eigenvalue weighted by Crippen LogP contribution is 2.34. The molecule has 7 heteroatoms. The van der Waals surface area contributed by atoms with Crippen molar-refractivity contribution in [1.82, 2.24) is 0 Å². The van der Waals surface area contributed by atoms with Crippen LogP contribution in [-0.2, 0) is 19.1 Å². The monoisotopic (exact) mass is 554 g/mol. The van der Waals surface area contributed by atoms with E-state index in [1.54, 1.807) is 7.11 Å². The molecule has 220 valence electrons. The fourth-order valence-corrected chi connectivity index (χ4v) is 5.28. The Labute approximate surface area is 236 Å². The van der Waals surface area contributed by atoms with E-state index in [0.29, 0.717) is 24.7 Å². The predicted octanol–water partition coefficient (Wildman–Crippen LogP) is 6.48. The van der Waals surface area contributed by atoms with Crippen LogP contribution in [0.15, 0.2) is 48.1 Å². The van der Waals surface area contributed by atoms with Crippen molar-refractivity contribution >= 4 is 23.5 Å². The van der Waals surface area contributed by atoms with Crippen LogP contribution in [0.4, 0.5) is 0 Å². The topological polar surface area (TPSA) is 93.1 Å². The average Bonchev–Trinajstić information content (AvgIpc) is 3.13. The summed E-state index contributed by atoms with van der Waals surface area (Å²) in [6.45, 7) is 9.02. The third kappa shape index (κ3) is 19.4. The lowest BCUT2D eigenvalue weighted by atomic mass is 9.90. The van der Waals surface area contributed by atoms with Gasteiger partial charge in [0.05, 0.1) is 13.2 Å². The molecule has 0 aromatic heterocycles. The van der Waals surface area contributed by atoms with E-state index in [4.69, 9.17) is 19.7 Å². The highest BCUT2D eigenvalue weighted by Gasteiger charge is 2.32. The maximum absolute atomic E-state index is 11.8. The van der Waals surface area contributed by atoms with Gasteiger partial charge in [0.1, 0.15) is 5.78 Å². The lowest BCUT2D eigenvalue weighted by Crippen LogP contribution is -2.15. The number of thioether (sulfide) groups is 1. The van der Waals surface area contributed by atoms with Crippen LogP contribution in [0.3, 0.4) is 0 Å². The summed E-state index contributed by atoms with van der Waals surface area (Å²) in [6, 6.07) is 0. The zero-order chi connectivity index (χ0) is 29.0. The number of ether oxygens (including phenoxy) is 2. The molecule has 0 aromatic carbocycles. The zero-order valence-electron chi connectivity index (χ0n) is 24.6. The minimum atomic E-state index is -0.106. The number of carbonyl (C=O) groups is 2. The van der Waals surface area contributed by atoms with Gasteiger partial charge >= 0.3 is 5.97 Å². The number of allylic oxidation sites excluding steroid dienone is 5. The van der Waals surface area contributed by atoms with Gasteiger partial charge in [-0.2, -0.15) is 11.8 Å². The third-order valence-corrected chi connectivity index (χ3v) is 7.29. The van der Waals surface area contributed by atoms with E-state index in [9.17, 15) is 9.59 Å². The van der Waals surface area contributed by atoms with Gasteiger partial charge < -0.3 is 19.7 Å². The van der Waals surface area contributed by atoms with Crippen LogP contribution in [0.2, 0.25) is 0 Å². The largest absolute Gasteiger partial charge is 0.466 e. The number of hydrogen-bond donors (Lipinski definition) is 2. The average molecular weight is 555 g/mol. The van der Waals surface area contributed by atoms with Gasteiger partial charge in [-0.15, -0.1) is 6.58 Å². The summed E-state index contributed by atoms with van der Waals surface area (Å²) < 4.78 is 9.99. The second kappa shape index (κ2) is 28.3. The molecule has 2 rings (SSSR count). The number of aliphatic hydroxyl groups excluding tert-OH is 2. The van der Waals surface area contributed by atoms with Crippen LogP contribution < -0.4 is 0 Å². The molecule has 0 radical (unpaired) electrons. The number of hydrogen-bond acceptors (Lipinski definition) is 7. The molecule has 2 atom stereocenters. The number of carbonyl (C=O) groups excluding carboxylic acids is 2. The fourth-order valence-electron chi connectivity index (χ4n) is 4.30. The van der Waals surface area contributed by atoms with Crippen LogP contribution in [0, 0.1) is 11.8 Å². The van der Waals surface area contributed by atoms with Crippen molar-refractivity contribution in [3.8, 4) is 0 Å². The molecule has 6 nitrogen and oxygen atoms in total. The quantitative estimate of drug-likeness (QED) is 0.136. The van der Waals surface area contributed by atoms with Gasteiger partial charge in [-0.1, -0.05) is 49.3 Å². The van der Waals surface area contributed by atoms with Crippen molar-refractivity contribution in [2.75, 3.05) is 46.0 Å². The van der Waals surface area contributed by atoms with Gasteiger partial charge in [0.2, 0.25) is 0 Å². The maximum atomic E-state index is 11.8. The summed E-state index contributed by atoms with van der Waals surface area (Å²) in [6.07, 6.45) is 20.7. The van der Waals surface area contributed by atoms with E-state index in [2.05, 4.69) is 37.8 Å². The van der Waals surface area contributed by atoms with Gasteiger partial charge in [-0.05, 0) is 74.9 Å². The lowest BCUT2D eigenvalue weighted by molar-refractivity contribution is -0.143. The zero-order valence-corrected chi connectivity index (χ0v) is 25.4. The molecule has 0 aliphatic heterocycles. The molecule has 38 heavy (non-hydrogen) atoms. The number of esters is 1. The Morgan fingerprint density at radius 3 is 2.55 bits per heavy atom. The summed E-state index contributed by atoms with van der Waals surface area (Å²) in [7, 11) is 3.74. The Balaban J connectivity index is 0. The van der Waals surface area contributed by atoms with Crippen molar-refractivity contribution in [1.29, 1.82) is 0 Å². The fraction of sp³-hybridized carbons (Fsp3) is 0.677. The molecule has 2 N–H and O–H groups in total. The van der Waals surface area contributed by atoms with Crippen molar-refractivity contribution < 1.29 is 29.3 Å². The Morgan fingerprint density at radius 1 is 1.18 bits per heavy atom. The van der Waals surface area contributed by atoms with Crippen molar-refractivity contribution in [3.05, 3.63) is 48.1 Å². The maximum Gasteiger partial charge on any atom is 0.305 e. The minimum Gasteiger partial charge on any atom is -0.466 e. The van der Waals surface area contributed by atoms with Crippen LogP contribution >= 0.6 is 11.8 Å². The molecule has 0 spiro atoms. The lowest BCUT2D eigenvalue weighted by Gasteiger charge is -2.16. The number of Topliss-reactive ketones (excluding diaryl/α,β-unsaturated/α-hetero) is 1. The summed E-state index contributed by atoms with van der Waals surface area (Å²) in [5.74, 6) is 3.05. The Bertz CT molecular complexity index is 698. The van der Waals surface area contributed by atoms with Crippen molar-refractivity contribution in [3.63, 3.8) is 0 Å². The molecule has 1 unspecified atom stereocenters. The molecule has 0 heterocycles. The van der Waals surface area contributed by atoms with E-state index in [1.807, 2.05) is 24.8 Å². The third-order valence-electron chi connectivity index (χ3n) is 6.19. The second-order valence-corrected chi connectivity index (χ2v) is 10.1. The highest BCUT2D eigenvalue weighted by atomic mass is 32.2. The van der Waals surface area contributed by atoms with E-state index in [-0.39, 0.29) is 11.9 Å². The van der Waals surface area contributed by atoms with Crippen molar-refractivity contribution in [2.45, 2.75) is 78.1 Å². The molecular formula is C31H54O6S. The first-order valence-corrected chi connectivity index (χ1v) is 15.0. The highest BCUT2D eigenvalue weighted by molar-refractivity contribution is 7.99. The number of rotatable bonds is 15. The van der Waals surface area contributed by atoms with Crippen LogP contribution in [-0.4, -0.2) is 68.0 Å². The number of methoxy groups -OCH3 is 1. The van der Waals surface area contributed by atoms with E-state index >= 15 is 0 Å². The van der Waals surface area contributed by atoms with Gasteiger partial charge in [-0.3, -0.25) is 9.59 Å². The molecule has 0 saturated heterocycles. The summed E-state index contributed by atoms with van der Waals surface area (Å²) >= 11 is 1.84. The number of ketones is 1. The molecule has 1 saturated carbocycles. The Hall–Kier alpha value is -1.67. The first-order chi connectivity index (χ1) is 18.5. The number of aliphatic hydroxyl groups is 2. The smallest absolute Gasteiger partial charge is 0.305 e. The van der Waals surface area contributed by atoms with Crippen LogP contribution in [0.1, 0.15) is 78.1 Å². The molecule has 2 aliphatic carbocycles. The molecule has 1 fully saturated rings. The van der Waals surface area contributed by atoms with E-state index in [0.717, 1.165) is 70.9 Å². The molecule has 0 amide bonds. The summed E-state index contributed by atoms with van der Waals surface area (Å²) in [5.41, 5.74) is 2.82. The second-order valence-electron chi connectivity index (χ2n) is 8.91. The Morgan fingerprint density at radius 2 is 1.92 bits per heavy atom. The first-order valence-electron chi connectivity index (χ1n) is 13.9. The molecule has 0 bridgehead atoms. The molecule has 0 aromatic rings. The minimum absolute atomic E-state index is 0.106. The number of unbranched alkanes of at least 4 members (excludes halogenated alkanes) is 1. The molecule has 2 aliphatic rings. The molecular weight excluding hydrogens is 500 g/mol. The normalized spacial score (nSPS) is 17.8.